The Kier molecular flexibility index (Phi) is 4.31. The smallest absolute Gasteiger partial charge is 0.276 e. The number of rotatable bonds is 4. The zero-order valence-corrected chi connectivity index (χ0v) is 9.52. The average Bonchev–Trinajstić information content (AvgIpc) is 2.19. The first kappa shape index (κ1) is 11.9. The van der Waals surface area contributed by atoms with E-state index in [1.165, 1.54) is 7.05 Å². The van der Waals surface area contributed by atoms with E-state index in [1.807, 2.05) is 6.92 Å². The van der Waals surface area contributed by atoms with Crippen LogP contribution in [0.2, 0.25) is 0 Å². The van der Waals surface area contributed by atoms with Gasteiger partial charge in [0.1, 0.15) is 0 Å². The van der Waals surface area contributed by atoms with Crippen molar-refractivity contribution in [1.82, 2.24) is 14.8 Å². The van der Waals surface area contributed by atoms with Gasteiger partial charge in [-0.25, -0.2) is 4.72 Å². The second kappa shape index (κ2) is 5.06. The lowest BCUT2D eigenvalue weighted by Crippen LogP contribution is -2.45. The zero-order chi connectivity index (χ0) is 10.6. The third-order valence-corrected chi connectivity index (χ3v) is 3.92. The third-order valence-electron chi connectivity index (χ3n) is 2.70. The molecule has 1 aliphatic rings. The largest absolute Gasteiger partial charge is 0.317 e. The molecule has 1 aliphatic heterocycles. The Bertz CT molecular complexity index is 260. The van der Waals surface area contributed by atoms with Crippen molar-refractivity contribution in [1.29, 1.82) is 0 Å². The Labute approximate surface area is 85.8 Å². The van der Waals surface area contributed by atoms with Crippen molar-refractivity contribution in [2.75, 3.05) is 20.1 Å². The predicted octanol–water partition coefficient (Wildman–Crippen LogP) is -0.572. The minimum Gasteiger partial charge on any atom is -0.317 e. The van der Waals surface area contributed by atoms with Gasteiger partial charge in [0.05, 0.1) is 0 Å². The van der Waals surface area contributed by atoms with Gasteiger partial charge in [-0.05, 0) is 38.8 Å². The molecule has 1 unspecified atom stereocenters. The molecule has 14 heavy (non-hydrogen) atoms. The van der Waals surface area contributed by atoms with Crippen molar-refractivity contribution in [2.24, 2.45) is 5.92 Å². The molecule has 6 heteroatoms. The number of piperidine rings is 1. The van der Waals surface area contributed by atoms with Crippen LogP contribution < -0.4 is 14.8 Å². The van der Waals surface area contributed by atoms with Gasteiger partial charge >= 0.3 is 0 Å². The molecule has 1 atom stereocenters. The summed E-state index contributed by atoms with van der Waals surface area (Å²) in [5.74, 6) is 0.444. The summed E-state index contributed by atoms with van der Waals surface area (Å²) in [6, 6.07) is 0.00884. The summed E-state index contributed by atoms with van der Waals surface area (Å²) < 4.78 is 27.3. The summed E-state index contributed by atoms with van der Waals surface area (Å²) in [6.07, 6.45) is 2.07. The molecule has 84 valence electrons. The molecule has 1 rings (SSSR count). The Morgan fingerprint density at radius 1 is 1.36 bits per heavy atom. The van der Waals surface area contributed by atoms with Gasteiger partial charge in [0.25, 0.3) is 10.2 Å². The van der Waals surface area contributed by atoms with E-state index >= 15 is 0 Å². The molecule has 0 aromatic carbocycles. The van der Waals surface area contributed by atoms with Gasteiger partial charge in [-0.15, -0.1) is 0 Å². The van der Waals surface area contributed by atoms with Crippen molar-refractivity contribution < 1.29 is 8.42 Å². The SMILES string of the molecule is CNS(=O)(=O)NC(C)C1CCNCC1. The first-order valence-corrected chi connectivity index (χ1v) is 6.45. The molecular formula is C8H19N3O2S. The Hall–Kier alpha value is -0.170. The highest BCUT2D eigenvalue weighted by atomic mass is 32.2. The van der Waals surface area contributed by atoms with Crippen LogP contribution >= 0.6 is 0 Å². The molecule has 1 fully saturated rings. The first-order valence-electron chi connectivity index (χ1n) is 4.96. The maximum Gasteiger partial charge on any atom is 0.276 e. The van der Waals surface area contributed by atoms with Gasteiger partial charge in [0.15, 0.2) is 0 Å². The van der Waals surface area contributed by atoms with E-state index in [2.05, 4.69) is 14.8 Å². The summed E-state index contributed by atoms with van der Waals surface area (Å²) in [7, 11) is -1.87. The van der Waals surface area contributed by atoms with Crippen LogP contribution in [-0.4, -0.2) is 34.6 Å². The van der Waals surface area contributed by atoms with Crippen LogP contribution in [0, 0.1) is 5.92 Å². The first-order chi connectivity index (χ1) is 6.55. The van der Waals surface area contributed by atoms with Crippen molar-refractivity contribution in [2.45, 2.75) is 25.8 Å². The fourth-order valence-electron chi connectivity index (χ4n) is 1.74. The van der Waals surface area contributed by atoms with Gasteiger partial charge in [-0.3, -0.25) is 0 Å². The summed E-state index contributed by atoms with van der Waals surface area (Å²) in [4.78, 5) is 0. The van der Waals surface area contributed by atoms with E-state index in [0.717, 1.165) is 25.9 Å². The Morgan fingerprint density at radius 2 is 1.93 bits per heavy atom. The average molecular weight is 221 g/mol. The van der Waals surface area contributed by atoms with E-state index < -0.39 is 10.2 Å². The van der Waals surface area contributed by atoms with Crippen LogP contribution in [0.25, 0.3) is 0 Å². The molecule has 1 heterocycles. The molecule has 0 spiro atoms. The molecule has 5 nitrogen and oxygen atoms in total. The second-order valence-corrected chi connectivity index (χ2v) is 5.35. The Balaban J connectivity index is 2.44. The molecule has 3 N–H and O–H groups in total. The molecule has 0 bridgehead atoms. The summed E-state index contributed by atoms with van der Waals surface area (Å²) >= 11 is 0. The molecule has 0 saturated carbocycles. The van der Waals surface area contributed by atoms with Gasteiger partial charge in [-0.1, -0.05) is 0 Å². The van der Waals surface area contributed by atoms with Crippen molar-refractivity contribution in [3.63, 3.8) is 0 Å². The van der Waals surface area contributed by atoms with Crippen molar-refractivity contribution >= 4 is 10.2 Å². The van der Waals surface area contributed by atoms with Gasteiger partial charge in [0.2, 0.25) is 0 Å². The molecule has 0 amide bonds. The predicted molar refractivity (Wildman–Crippen MR) is 56.2 cm³/mol. The van der Waals surface area contributed by atoms with E-state index in [-0.39, 0.29) is 6.04 Å². The highest BCUT2D eigenvalue weighted by molar-refractivity contribution is 7.87. The Morgan fingerprint density at radius 3 is 2.43 bits per heavy atom. The number of hydrogen-bond donors (Lipinski definition) is 3. The molecular weight excluding hydrogens is 202 g/mol. The van der Waals surface area contributed by atoms with Crippen LogP contribution in [-0.2, 0) is 10.2 Å². The standard InChI is InChI=1S/C8H19N3O2S/c1-7(11-14(12,13)9-2)8-3-5-10-6-4-8/h7-11H,3-6H2,1-2H3. The monoisotopic (exact) mass is 221 g/mol. The van der Waals surface area contributed by atoms with Gasteiger partial charge < -0.3 is 5.32 Å². The minimum atomic E-state index is -3.29. The lowest BCUT2D eigenvalue weighted by atomic mass is 9.92. The topological polar surface area (TPSA) is 70.2 Å². The van der Waals surface area contributed by atoms with Crippen LogP contribution in [0.15, 0.2) is 0 Å². The fourth-order valence-corrected chi connectivity index (χ4v) is 2.54. The molecule has 0 aromatic rings. The van der Waals surface area contributed by atoms with Crippen LogP contribution in [0.5, 0.6) is 0 Å². The molecule has 0 aliphatic carbocycles. The maximum absolute atomic E-state index is 11.2. The van der Waals surface area contributed by atoms with E-state index in [0.29, 0.717) is 5.92 Å². The van der Waals surface area contributed by atoms with Gasteiger partial charge in [0, 0.05) is 13.1 Å². The zero-order valence-electron chi connectivity index (χ0n) is 8.71. The quantitative estimate of drug-likeness (QED) is 0.595. The molecule has 0 radical (unpaired) electrons. The van der Waals surface area contributed by atoms with E-state index in [4.69, 9.17) is 0 Å². The summed E-state index contributed by atoms with van der Waals surface area (Å²) in [5.41, 5.74) is 0. The van der Waals surface area contributed by atoms with E-state index in [9.17, 15) is 8.42 Å². The van der Waals surface area contributed by atoms with E-state index in [1.54, 1.807) is 0 Å². The number of nitrogens with one attached hydrogen (secondary N) is 3. The molecule has 0 aromatic heterocycles. The minimum absolute atomic E-state index is 0.00884. The lowest BCUT2D eigenvalue weighted by Gasteiger charge is -2.28. The fraction of sp³-hybridized carbons (Fsp3) is 1.00. The van der Waals surface area contributed by atoms with Crippen LogP contribution in [0.1, 0.15) is 19.8 Å². The number of hydrogen-bond acceptors (Lipinski definition) is 3. The normalized spacial score (nSPS) is 22.1. The summed E-state index contributed by atoms with van der Waals surface area (Å²) in [6.45, 7) is 3.89. The highest BCUT2D eigenvalue weighted by Crippen LogP contribution is 2.16. The van der Waals surface area contributed by atoms with Gasteiger partial charge in [-0.2, -0.15) is 13.1 Å². The van der Waals surface area contributed by atoms with Crippen molar-refractivity contribution in [3.8, 4) is 0 Å². The summed E-state index contributed by atoms with van der Waals surface area (Å²) in [5, 5.41) is 3.25. The third kappa shape index (κ3) is 3.53. The van der Waals surface area contributed by atoms with Crippen LogP contribution in [0.3, 0.4) is 0 Å². The highest BCUT2D eigenvalue weighted by Gasteiger charge is 2.22. The van der Waals surface area contributed by atoms with Crippen molar-refractivity contribution in [3.05, 3.63) is 0 Å². The maximum atomic E-state index is 11.2. The van der Waals surface area contributed by atoms with Crippen LogP contribution in [0.4, 0.5) is 0 Å². The molecule has 1 saturated heterocycles. The second-order valence-electron chi connectivity index (χ2n) is 3.70. The lowest BCUT2D eigenvalue weighted by molar-refractivity contribution is 0.315.